The molecule has 1 aliphatic carbocycles. The van der Waals surface area contributed by atoms with Gasteiger partial charge in [0.15, 0.2) is 0 Å². The zero-order chi connectivity index (χ0) is 13.7. The molecule has 3 N–H and O–H groups in total. The van der Waals surface area contributed by atoms with E-state index in [1.54, 1.807) is 6.20 Å². The predicted octanol–water partition coefficient (Wildman–Crippen LogP) is 1.85. The van der Waals surface area contributed by atoms with Crippen molar-refractivity contribution >= 4 is 12.1 Å². The highest BCUT2D eigenvalue weighted by Crippen LogP contribution is 2.28. The monoisotopic (exact) mass is 260 g/mol. The highest BCUT2D eigenvalue weighted by molar-refractivity contribution is 5.57. The number of aromatic nitrogens is 1. The van der Waals surface area contributed by atoms with Crippen molar-refractivity contribution in [2.75, 3.05) is 5.73 Å². The van der Waals surface area contributed by atoms with Crippen molar-refractivity contribution in [2.24, 2.45) is 5.92 Å². The molecule has 4 heteroatoms. The molecule has 0 saturated heterocycles. The molecule has 1 fully saturated rings. The Kier molecular flexibility index (Phi) is 4.91. The molecule has 1 atom stereocenters. The number of nitrogens with two attached hydrogens (primary N) is 1. The van der Waals surface area contributed by atoms with Crippen LogP contribution >= 0.6 is 0 Å². The number of nitrogen functional groups attached to an aromatic ring is 1. The van der Waals surface area contributed by atoms with Crippen LogP contribution in [0.4, 0.5) is 5.82 Å². The quantitative estimate of drug-likeness (QED) is 0.848. The van der Waals surface area contributed by atoms with Crippen molar-refractivity contribution < 1.29 is 4.79 Å². The number of hydrogen-bond donors (Lipinski definition) is 2. The van der Waals surface area contributed by atoms with E-state index in [0.29, 0.717) is 17.8 Å². The minimum absolute atomic E-state index is 0.157. The molecular weight excluding hydrogens is 238 g/mol. The Bertz CT molecular complexity index is 414. The smallest absolute Gasteiger partial charge is 0.216 e. The molecule has 0 unspecified atom stereocenters. The van der Waals surface area contributed by atoms with Crippen LogP contribution in [0.15, 0.2) is 18.3 Å². The van der Waals surface area contributed by atoms with Gasteiger partial charge in [0, 0.05) is 12.2 Å². The van der Waals surface area contributed by atoms with E-state index in [2.05, 4.69) is 16.4 Å². The fourth-order valence-electron chi connectivity index (χ4n) is 2.86. The Hall–Kier alpha value is -1.42. The average molecular weight is 260 g/mol. The normalized spacial score (nSPS) is 24.9. The first-order chi connectivity index (χ1) is 9.19. The molecule has 1 radical (unpaired) electrons. The van der Waals surface area contributed by atoms with Crippen LogP contribution in [0, 0.1) is 5.92 Å². The van der Waals surface area contributed by atoms with Gasteiger partial charge in [-0.25, -0.2) is 4.98 Å². The van der Waals surface area contributed by atoms with Crippen molar-refractivity contribution in [3.05, 3.63) is 23.9 Å². The summed E-state index contributed by atoms with van der Waals surface area (Å²) in [5.74, 6) is 1.34. The lowest BCUT2D eigenvalue weighted by molar-refractivity contribution is 0.286. The molecule has 0 amide bonds. The standard InChI is InChI=1S/C15H22N3O/c1-11(10-19)18-14-6-4-12(5-7-14)9-13-3-2-8-17-15(13)16/h2-3,8,11-12,14,18H,4-7,9H2,1H3,(H2,16,17)/t11-,12?,14?/m1/s1. The topological polar surface area (TPSA) is 68.0 Å². The molecule has 19 heavy (non-hydrogen) atoms. The maximum Gasteiger partial charge on any atom is 0.216 e. The molecular formula is C15H22N3O. The van der Waals surface area contributed by atoms with Crippen molar-refractivity contribution in [3.8, 4) is 0 Å². The lowest BCUT2D eigenvalue weighted by Gasteiger charge is -2.30. The largest absolute Gasteiger partial charge is 0.383 e. The maximum absolute atomic E-state index is 10.5. The second kappa shape index (κ2) is 6.66. The van der Waals surface area contributed by atoms with Crippen LogP contribution in [0.1, 0.15) is 38.2 Å². The van der Waals surface area contributed by atoms with Gasteiger partial charge in [-0.1, -0.05) is 6.07 Å². The zero-order valence-corrected chi connectivity index (χ0v) is 11.4. The molecule has 0 bridgehead atoms. The van der Waals surface area contributed by atoms with Gasteiger partial charge in [0.2, 0.25) is 6.29 Å². The van der Waals surface area contributed by atoms with Crippen molar-refractivity contribution in [3.63, 3.8) is 0 Å². The first-order valence-electron chi connectivity index (χ1n) is 7.02. The predicted molar refractivity (Wildman–Crippen MR) is 76.4 cm³/mol. The first kappa shape index (κ1) is 14.0. The lowest BCUT2D eigenvalue weighted by Crippen LogP contribution is -2.40. The Balaban J connectivity index is 1.80. The van der Waals surface area contributed by atoms with Gasteiger partial charge in [0.05, 0.1) is 6.04 Å². The van der Waals surface area contributed by atoms with Crippen LogP contribution in [0.5, 0.6) is 0 Å². The summed E-state index contributed by atoms with van der Waals surface area (Å²) in [4.78, 5) is 14.6. The fraction of sp³-hybridized carbons (Fsp3) is 0.600. The summed E-state index contributed by atoms with van der Waals surface area (Å²) in [6.45, 7) is 1.86. The van der Waals surface area contributed by atoms with Crippen LogP contribution in [-0.4, -0.2) is 23.4 Å². The number of rotatable bonds is 5. The summed E-state index contributed by atoms with van der Waals surface area (Å²) in [6, 6.07) is 4.31. The van der Waals surface area contributed by atoms with Crippen LogP contribution in [0.2, 0.25) is 0 Å². The molecule has 2 rings (SSSR count). The summed E-state index contributed by atoms with van der Waals surface area (Å²) in [5, 5.41) is 3.30. The maximum atomic E-state index is 10.5. The zero-order valence-electron chi connectivity index (χ0n) is 11.4. The summed E-state index contributed by atoms with van der Waals surface area (Å²) in [7, 11) is 0. The molecule has 0 aromatic carbocycles. The van der Waals surface area contributed by atoms with Gasteiger partial charge in [-0.15, -0.1) is 0 Å². The molecule has 103 valence electrons. The number of hydrogen-bond acceptors (Lipinski definition) is 4. The van der Waals surface area contributed by atoms with Gasteiger partial charge in [-0.05, 0) is 56.6 Å². The number of carbonyl (C=O) groups excluding carboxylic acids is 1. The molecule has 0 spiro atoms. The number of anilines is 1. The molecule has 1 aromatic heterocycles. The molecule has 1 saturated carbocycles. The van der Waals surface area contributed by atoms with Crippen LogP contribution in [0.3, 0.4) is 0 Å². The fourth-order valence-corrected chi connectivity index (χ4v) is 2.86. The van der Waals surface area contributed by atoms with Crippen LogP contribution in [0.25, 0.3) is 0 Å². The lowest BCUT2D eigenvalue weighted by atomic mass is 9.82. The minimum Gasteiger partial charge on any atom is -0.383 e. The SMILES string of the molecule is C[C@H]([C]=O)NC1CCC(Cc2cccnc2N)CC1. The molecule has 1 aromatic rings. The average Bonchev–Trinajstić information content (AvgIpc) is 2.43. The van der Waals surface area contributed by atoms with E-state index in [1.807, 2.05) is 19.3 Å². The second-order valence-electron chi connectivity index (χ2n) is 5.48. The van der Waals surface area contributed by atoms with E-state index in [9.17, 15) is 4.79 Å². The summed E-state index contributed by atoms with van der Waals surface area (Å²) in [5.41, 5.74) is 7.04. The highest BCUT2D eigenvalue weighted by Gasteiger charge is 2.22. The Morgan fingerprint density at radius 1 is 1.47 bits per heavy atom. The minimum atomic E-state index is -0.157. The van der Waals surface area contributed by atoms with E-state index < -0.39 is 0 Å². The Morgan fingerprint density at radius 2 is 2.21 bits per heavy atom. The van der Waals surface area contributed by atoms with E-state index in [4.69, 9.17) is 5.73 Å². The Morgan fingerprint density at radius 3 is 2.84 bits per heavy atom. The summed E-state index contributed by atoms with van der Waals surface area (Å²) in [6.07, 6.45) is 9.33. The van der Waals surface area contributed by atoms with Gasteiger partial charge in [-0.2, -0.15) is 0 Å². The van der Waals surface area contributed by atoms with Crippen molar-refractivity contribution in [1.29, 1.82) is 0 Å². The van der Waals surface area contributed by atoms with Gasteiger partial charge in [0.1, 0.15) is 5.82 Å². The van der Waals surface area contributed by atoms with Gasteiger partial charge in [0.25, 0.3) is 0 Å². The van der Waals surface area contributed by atoms with Gasteiger partial charge < -0.3 is 11.1 Å². The van der Waals surface area contributed by atoms with Crippen molar-refractivity contribution in [1.82, 2.24) is 10.3 Å². The third-order valence-corrected chi connectivity index (χ3v) is 3.94. The number of nitrogens with one attached hydrogen (secondary N) is 1. The van der Waals surface area contributed by atoms with E-state index >= 15 is 0 Å². The van der Waals surface area contributed by atoms with E-state index in [0.717, 1.165) is 24.8 Å². The van der Waals surface area contributed by atoms with Crippen LogP contribution < -0.4 is 11.1 Å². The highest BCUT2D eigenvalue weighted by atomic mass is 16.1. The molecule has 0 aliphatic heterocycles. The molecule has 4 nitrogen and oxygen atoms in total. The molecule has 1 aliphatic rings. The van der Waals surface area contributed by atoms with Crippen LogP contribution in [-0.2, 0) is 11.2 Å². The van der Waals surface area contributed by atoms with E-state index in [-0.39, 0.29) is 6.04 Å². The number of nitrogens with zero attached hydrogens (tertiary/aromatic N) is 1. The number of pyridine rings is 1. The molecule has 1 heterocycles. The summed E-state index contributed by atoms with van der Waals surface area (Å²) >= 11 is 0. The van der Waals surface area contributed by atoms with Crippen molar-refractivity contribution in [2.45, 2.75) is 51.1 Å². The Labute approximate surface area is 114 Å². The van der Waals surface area contributed by atoms with E-state index in [1.165, 1.54) is 12.8 Å². The third-order valence-electron chi connectivity index (χ3n) is 3.94. The first-order valence-corrected chi connectivity index (χ1v) is 7.02. The van der Waals surface area contributed by atoms with Gasteiger partial charge >= 0.3 is 0 Å². The van der Waals surface area contributed by atoms with Gasteiger partial charge in [-0.3, -0.25) is 4.79 Å². The third kappa shape index (κ3) is 4.03. The summed E-state index contributed by atoms with van der Waals surface area (Å²) < 4.78 is 0. The second-order valence-corrected chi connectivity index (χ2v) is 5.48.